The van der Waals surface area contributed by atoms with Gasteiger partial charge < -0.3 is 33.8 Å². The highest BCUT2D eigenvalue weighted by Gasteiger charge is 2.30. The Morgan fingerprint density at radius 2 is 0.529 bits per heavy atom. The molecular weight excluding hydrogens is 1150 g/mol. The normalized spacial score (nSPS) is 14.1. The standard InChI is InChI=1S/C68H132O17P2/c1-6-9-12-15-17-19-21-22-23-27-30-34-37-42-47-52-66(71)79-58-64(85-68(73)54-49-44-39-35-31-28-25-24-26-29-32-36-41-45-50-61(4)5)60-83-87(76,77)81-56-62(69)55-80-86(74,75)82-59-63(57-78-65(70)51-46-40-14-11-8-3)84-67(72)53-48-43-38-33-20-18-16-13-10-7-2/h61-64,69H,6-60H2,1-5H3,(H,74,75)(H,76,77)/t62-,63+,64+/m0/s1. The maximum atomic E-state index is 13.0. The summed E-state index contributed by atoms with van der Waals surface area (Å²) in [6, 6.07) is 0. The van der Waals surface area contributed by atoms with E-state index in [-0.39, 0.29) is 25.7 Å². The Kier molecular flexibility index (Phi) is 60.2. The SMILES string of the molecule is CCCCCCCCCCCCCCCCCC(=O)OC[C@H](COP(=O)(O)OC[C@@H](O)COP(=O)(O)OC[C@@H](COC(=O)CCCCCCC)OC(=O)CCCCCCCCCCCC)OC(=O)CCCCCCCCCCCCCCCCC(C)C. The summed E-state index contributed by atoms with van der Waals surface area (Å²) in [4.78, 5) is 72.1. The van der Waals surface area contributed by atoms with E-state index in [4.69, 9.17) is 37.0 Å². The molecule has 0 aromatic rings. The number of carbonyl (C=O) groups excluding carboxylic acids is 4. The number of unbranched alkanes of at least 4 members (excludes halogenated alkanes) is 40. The lowest BCUT2D eigenvalue weighted by Crippen LogP contribution is -2.30. The predicted octanol–water partition coefficient (Wildman–Crippen LogP) is 19.4. The molecule has 5 atom stereocenters. The topological polar surface area (TPSA) is 237 Å². The molecule has 0 aliphatic rings. The first-order valence-electron chi connectivity index (χ1n) is 35.6. The molecule has 0 bridgehead atoms. The van der Waals surface area contributed by atoms with Crippen molar-refractivity contribution in [2.24, 2.45) is 5.92 Å². The summed E-state index contributed by atoms with van der Waals surface area (Å²) >= 11 is 0. The minimum Gasteiger partial charge on any atom is -0.462 e. The minimum atomic E-state index is -4.95. The van der Waals surface area contributed by atoms with E-state index in [9.17, 15) is 43.2 Å². The van der Waals surface area contributed by atoms with E-state index >= 15 is 0 Å². The monoisotopic (exact) mass is 1280 g/mol. The zero-order chi connectivity index (χ0) is 64.2. The van der Waals surface area contributed by atoms with Crippen LogP contribution >= 0.6 is 15.6 Å². The number of esters is 4. The second kappa shape index (κ2) is 61.6. The fourth-order valence-electron chi connectivity index (χ4n) is 10.3. The van der Waals surface area contributed by atoms with Gasteiger partial charge in [0.1, 0.15) is 19.3 Å². The van der Waals surface area contributed by atoms with Gasteiger partial charge in [-0.25, -0.2) is 9.13 Å². The smallest absolute Gasteiger partial charge is 0.462 e. The van der Waals surface area contributed by atoms with Crippen LogP contribution in [0.5, 0.6) is 0 Å². The lowest BCUT2D eigenvalue weighted by atomic mass is 10.0. The number of aliphatic hydroxyl groups is 1. The summed E-state index contributed by atoms with van der Waals surface area (Å²) in [5.41, 5.74) is 0. The predicted molar refractivity (Wildman–Crippen MR) is 349 cm³/mol. The second-order valence-corrected chi connectivity index (χ2v) is 27.9. The summed E-state index contributed by atoms with van der Waals surface area (Å²) in [5.74, 6) is -1.34. The van der Waals surface area contributed by atoms with Gasteiger partial charge >= 0.3 is 39.5 Å². The van der Waals surface area contributed by atoms with Gasteiger partial charge in [-0.05, 0) is 31.6 Å². The van der Waals surface area contributed by atoms with Gasteiger partial charge in [-0.2, -0.15) is 0 Å². The van der Waals surface area contributed by atoms with Crippen molar-refractivity contribution in [1.29, 1.82) is 0 Å². The van der Waals surface area contributed by atoms with Gasteiger partial charge in [0, 0.05) is 25.7 Å². The Labute approximate surface area is 530 Å². The molecule has 3 N–H and O–H groups in total. The molecule has 516 valence electrons. The molecule has 0 amide bonds. The molecule has 17 nitrogen and oxygen atoms in total. The van der Waals surface area contributed by atoms with Crippen LogP contribution in [0.15, 0.2) is 0 Å². The van der Waals surface area contributed by atoms with Crippen molar-refractivity contribution in [3.8, 4) is 0 Å². The highest BCUT2D eigenvalue weighted by molar-refractivity contribution is 7.47. The van der Waals surface area contributed by atoms with Gasteiger partial charge in [-0.15, -0.1) is 0 Å². The summed E-state index contributed by atoms with van der Waals surface area (Å²) in [6.07, 6.45) is 47.5. The minimum absolute atomic E-state index is 0.106. The van der Waals surface area contributed by atoms with Gasteiger partial charge in [-0.3, -0.25) is 37.3 Å². The van der Waals surface area contributed by atoms with Crippen molar-refractivity contribution in [3.05, 3.63) is 0 Å². The quantitative estimate of drug-likeness (QED) is 0.0222. The van der Waals surface area contributed by atoms with Gasteiger partial charge in [-0.1, -0.05) is 298 Å². The number of rotatable bonds is 68. The number of hydrogen-bond donors (Lipinski definition) is 3. The van der Waals surface area contributed by atoms with Crippen molar-refractivity contribution in [1.82, 2.24) is 0 Å². The van der Waals surface area contributed by atoms with Gasteiger partial charge in [0.15, 0.2) is 12.2 Å². The highest BCUT2D eigenvalue weighted by Crippen LogP contribution is 2.45. The molecule has 0 saturated carbocycles. The molecule has 0 aliphatic carbocycles. The van der Waals surface area contributed by atoms with Gasteiger partial charge in [0.2, 0.25) is 0 Å². The first-order chi connectivity index (χ1) is 42.0. The molecule has 0 aliphatic heterocycles. The van der Waals surface area contributed by atoms with E-state index in [1.54, 1.807) is 0 Å². The Morgan fingerprint density at radius 1 is 0.310 bits per heavy atom. The highest BCUT2D eigenvalue weighted by atomic mass is 31.2. The fraction of sp³-hybridized carbons (Fsp3) is 0.941. The molecule has 87 heavy (non-hydrogen) atoms. The third kappa shape index (κ3) is 62.6. The zero-order valence-electron chi connectivity index (χ0n) is 56.2. The van der Waals surface area contributed by atoms with Crippen molar-refractivity contribution >= 4 is 39.5 Å². The van der Waals surface area contributed by atoms with Crippen LogP contribution in [0.2, 0.25) is 0 Å². The summed E-state index contributed by atoms with van der Waals surface area (Å²) in [6.45, 7) is 7.16. The van der Waals surface area contributed by atoms with Crippen molar-refractivity contribution < 1.29 is 80.2 Å². The number of aliphatic hydroxyl groups excluding tert-OH is 1. The van der Waals surface area contributed by atoms with Crippen LogP contribution in [-0.2, 0) is 65.4 Å². The lowest BCUT2D eigenvalue weighted by Gasteiger charge is -2.21. The molecule has 0 fully saturated rings. The average Bonchev–Trinajstić information content (AvgIpc) is 3.60. The fourth-order valence-corrected chi connectivity index (χ4v) is 11.9. The maximum Gasteiger partial charge on any atom is 0.472 e. The van der Waals surface area contributed by atoms with E-state index in [0.29, 0.717) is 25.7 Å². The van der Waals surface area contributed by atoms with E-state index in [2.05, 4.69) is 34.6 Å². The summed E-state index contributed by atoms with van der Waals surface area (Å²) < 4.78 is 68.0. The molecule has 0 spiro atoms. The zero-order valence-corrected chi connectivity index (χ0v) is 57.9. The lowest BCUT2D eigenvalue weighted by molar-refractivity contribution is -0.161. The molecule has 0 aromatic carbocycles. The molecule has 19 heteroatoms. The van der Waals surface area contributed by atoms with Crippen LogP contribution in [0, 0.1) is 5.92 Å². The van der Waals surface area contributed by atoms with Crippen LogP contribution in [0.25, 0.3) is 0 Å². The van der Waals surface area contributed by atoms with E-state index in [1.165, 1.54) is 167 Å². The van der Waals surface area contributed by atoms with Crippen molar-refractivity contribution in [2.45, 2.75) is 368 Å². The maximum absolute atomic E-state index is 13.0. The largest absolute Gasteiger partial charge is 0.472 e. The second-order valence-electron chi connectivity index (χ2n) is 25.0. The number of ether oxygens (including phenoxy) is 4. The van der Waals surface area contributed by atoms with Crippen molar-refractivity contribution in [2.75, 3.05) is 39.6 Å². The molecule has 2 unspecified atom stereocenters. The van der Waals surface area contributed by atoms with Crippen LogP contribution in [0.1, 0.15) is 349 Å². The Bertz CT molecular complexity index is 1690. The molecule has 0 rings (SSSR count). The van der Waals surface area contributed by atoms with Crippen molar-refractivity contribution in [3.63, 3.8) is 0 Å². The average molecular weight is 1280 g/mol. The third-order valence-electron chi connectivity index (χ3n) is 15.8. The number of carbonyl (C=O) groups is 4. The summed E-state index contributed by atoms with van der Waals surface area (Å²) in [7, 11) is -9.88. The first-order valence-corrected chi connectivity index (χ1v) is 38.6. The van der Waals surface area contributed by atoms with E-state index < -0.39 is 97.5 Å². The molecule has 0 radical (unpaired) electrons. The number of hydrogen-bond acceptors (Lipinski definition) is 15. The van der Waals surface area contributed by atoms with E-state index in [1.807, 2.05) is 0 Å². The van der Waals surface area contributed by atoms with Gasteiger partial charge in [0.05, 0.1) is 26.4 Å². The van der Waals surface area contributed by atoms with E-state index in [0.717, 1.165) is 102 Å². The molecule has 0 saturated heterocycles. The van der Waals surface area contributed by atoms with Crippen LogP contribution in [0.4, 0.5) is 0 Å². The van der Waals surface area contributed by atoms with Crippen LogP contribution < -0.4 is 0 Å². The van der Waals surface area contributed by atoms with Crippen LogP contribution in [-0.4, -0.2) is 96.7 Å². The van der Waals surface area contributed by atoms with Crippen LogP contribution in [0.3, 0.4) is 0 Å². The molecule has 0 heterocycles. The number of phosphoric ester groups is 2. The molecular formula is C68H132O17P2. The third-order valence-corrected chi connectivity index (χ3v) is 17.7. The summed E-state index contributed by atoms with van der Waals surface area (Å²) in [5, 5.41) is 10.5. The molecule has 0 aromatic heterocycles. The Hall–Kier alpha value is -1.94. The number of phosphoric acid groups is 2. The first kappa shape index (κ1) is 85.1. The Balaban J connectivity index is 5.15. The Morgan fingerprint density at radius 3 is 0.782 bits per heavy atom. The van der Waals surface area contributed by atoms with Gasteiger partial charge in [0.25, 0.3) is 0 Å².